The van der Waals surface area contributed by atoms with E-state index >= 15 is 0 Å². The number of nitrogens with one attached hydrogen (secondary N) is 2. The van der Waals surface area contributed by atoms with Gasteiger partial charge in [-0.3, -0.25) is 9.89 Å². The van der Waals surface area contributed by atoms with E-state index in [4.69, 9.17) is 5.73 Å². The third kappa shape index (κ3) is 3.57. The van der Waals surface area contributed by atoms with E-state index in [9.17, 15) is 13.6 Å². The van der Waals surface area contributed by atoms with Crippen LogP contribution in [-0.2, 0) is 0 Å². The van der Waals surface area contributed by atoms with Crippen molar-refractivity contribution in [1.82, 2.24) is 15.5 Å². The van der Waals surface area contributed by atoms with Gasteiger partial charge in [-0.1, -0.05) is 24.3 Å². The predicted octanol–water partition coefficient (Wildman–Crippen LogP) is 3.08. The van der Waals surface area contributed by atoms with Crippen LogP contribution in [0.1, 0.15) is 30.1 Å². The highest BCUT2D eigenvalue weighted by molar-refractivity contribution is 6.00. The number of hydrogen-bond acceptors (Lipinski definition) is 3. The zero-order valence-corrected chi connectivity index (χ0v) is 14.3. The number of aromatic amines is 1. The molecule has 1 heterocycles. The van der Waals surface area contributed by atoms with Crippen LogP contribution in [-0.4, -0.2) is 28.2 Å². The van der Waals surface area contributed by atoms with Crippen molar-refractivity contribution in [3.63, 3.8) is 0 Å². The first-order valence-corrected chi connectivity index (χ1v) is 8.40. The summed E-state index contributed by atoms with van der Waals surface area (Å²) < 4.78 is 28.1. The molecule has 5 nitrogen and oxygen atoms in total. The fraction of sp³-hybridized carbons (Fsp3) is 0.263. The van der Waals surface area contributed by atoms with E-state index in [1.54, 1.807) is 6.92 Å². The van der Waals surface area contributed by atoms with Gasteiger partial charge in [-0.05, 0) is 37.5 Å². The summed E-state index contributed by atoms with van der Waals surface area (Å²) in [6.45, 7) is 1.79. The molecule has 0 aliphatic heterocycles. The number of aromatic nitrogens is 2. The Labute approximate surface area is 150 Å². The van der Waals surface area contributed by atoms with Gasteiger partial charge in [0.2, 0.25) is 0 Å². The van der Waals surface area contributed by atoms with Crippen molar-refractivity contribution >= 4 is 5.91 Å². The van der Waals surface area contributed by atoms with Crippen molar-refractivity contribution in [2.75, 3.05) is 0 Å². The normalized spacial score (nSPS) is 16.1. The van der Waals surface area contributed by atoms with Crippen molar-refractivity contribution in [3.8, 4) is 11.3 Å². The molecule has 1 aliphatic carbocycles. The number of carbonyl (C=O) groups is 1. The van der Waals surface area contributed by atoms with Gasteiger partial charge in [0.15, 0.2) is 0 Å². The second-order valence-electron chi connectivity index (χ2n) is 6.23. The lowest BCUT2D eigenvalue weighted by atomic mass is 9.96. The maximum absolute atomic E-state index is 14.0. The molecule has 2 atom stereocenters. The second kappa shape index (κ2) is 7.61. The van der Waals surface area contributed by atoms with Gasteiger partial charge < -0.3 is 11.1 Å². The summed E-state index contributed by atoms with van der Waals surface area (Å²) >= 11 is 0. The molecule has 0 bridgehead atoms. The lowest BCUT2D eigenvalue weighted by Crippen LogP contribution is -2.46. The van der Waals surface area contributed by atoms with Crippen molar-refractivity contribution in [2.45, 2.75) is 31.8 Å². The number of benzene rings is 1. The van der Waals surface area contributed by atoms with Gasteiger partial charge >= 0.3 is 0 Å². The van der Waals surface area contributed by atoms with Crippen LogP contribution in [0.15, 0.2) is 48.2 Å². The quantitative estimate of drug-likeness (QED) is 0.768. The van der Waals surface area contributed by atoms with Crippen molar-refractivity contribution < 1.29 is 13.6 Å². The molecule has 0 spiro atoms. The number of rotatable bonds is 5. The first kappa shape index (κ1) is 18.0. The molecule has 0 saturated heterocycles. The molecule has 4 N–H and O–H groups in total. The van der Waals surface area contributed by atoms with E-state index in [0.29, 0.717) is 0 Å². The van der Waals surface area contributed by atoms with Gasteiger partial charge in [0.05, 0.1) is 23.0 Å². The number of allylic oxidation sites excluding steroid dienone is 2. The summed E-state index contributed by atoms with van der Waals surface area (Å²) in [7, 11) is 0. The van der Waals surface area contributed by atoms with Crippen LogP contribution < -0.4 is 11.1 Å². The fourth-order valence-corrected chi connectivity index (χ4v) is 2.93. The topological polar surface area (TPSA) is 83.8 Å². The molecule has 2 aromatic rings. The van der Waals surface area contributed by atoms with Crippen LogP contribution in [0.25, 0.3) is 11.3 Å². The Bertz CT molecular complexity index is 852. The summed E-state index contributed by atoms with van der Waals surface area (Å²) in [5, 5.41) is 9.06. The van der Waals surface area contributed by atoms with E-state index in [2.05, 4.69) is 15.5 Å². The molecule has 0 fully saturated rings. The Morgan fingerprint density at radius 1 is 1.31 bits per heavy atom. The molecule has 0 radical (unpaired) electrons. The van der Waals surface area contributed by atoms with Crippen LogP contribution in [0.4, 0.5) is 8.78 Å². The van der Waals surface area contributed by atoms with Crippen LogP contribution in [0.2, 0.25) is 0 Å². The lowest BCUT2D eigenvalue weighted by Gasteiger charge is -2.23. The van der Waals surface area contributed by atoms with Crippen LogP contribution >= 0.6 is 0 Å². The number of carbonyl (C=O) groups excluding carboxylic acids is 1. The zero-order chi connectivity index (χ0) is 18.7. The molecular formula is C19H20F2N4O. The summed E-state index contributed by atoms with van der Waals surface area (Å²) in [6, 6.07) is 2.76. The summed E-state index contributed by atoms with van der Waals surface area (Å²) in [6.07, 6.45) is 9.18. The van der Waals surface area contributed by atoms with Crippen LogP contribution in [0, 0.1) is 11.6 Å². The molecule has 1 amide bonds. The largest absolute Gasteiger partial charge is 0.348 e. The van der Waals surface area contributed by atoms with Crippen LogP contribution in [0.3, 0.4) is 0 Å². The number of halogens is 2. The zero-order valence-electron chi connectivity index (χ0n) is 14.3. The highest BCUT2D eigenvalue weighted by atomic mass is 19.1. The first-order chi connectivity index (χ1) is 12.5. The SMILES string of the molecule is CC(NC(=O)c1cn[nH]c1-c1c(F)cccc1F)C(N)C1=CCCC=C1. The Balaban J connectivity index is 1.80. The monoisotopic (exact) mass is 358 g/mol. The van der Waals surface area contributed by atoms with E-state index in [0.717, 1.165) is 30.5 Å². The Hall–Kier alpha value is -2.80. The second-order valence-corrected chi connectivity index (χ2v) is 6.23. The minimum Gasteiger partial charge on any atom is -0.348 e. The van der Waals surface area contributed by atoms with E-state index in [1.165, 1.54) is 12.3 Å². The molecule has 7 heteroatoms. The summed E-state index contributed by atoms with van der Waals surface area (Å²) in [4.78, 5) is 12.6. The standard InChI is InChI=1S/C19H20F2N4O/c1-11(17(22)12-6-3-2-4-7-12)24-19(26)13-10-23-25-18(13)16-14(20)8-5-9-15(16)21/h3,5-11,17H,2,4,22H2,1H3,(H,23,25)(H,24,26). The number of nitrogens with zero attached hydrogens (tertiary/aromatic N) is 1. The van der Waals surface area contributed by atoms with E-state index < -0.39 is 17.5 Å². The fourth-order valence-electron chi connectivity index (χ4n) is 2.93. The smallest absolute Gasteiger partial charge is 0.255 e. The van der Waals surface area contributed by atoms with Gasteiger partial charge in [0, 0.05) is 12.1 Å². The Kier molecular flexibility index (Phi) is 5.27. The molecule has 136 valence electrons. The molecule has 1 aliphatic rings. The number of amides is 1. The van der Waals surface area contributed by atoms with E-state index in [-0.39, 0.29) is 28.9 Å². The molecule has 1 aromatic heterocycles. The summed E-state index contributed by atoms with van der Waals surface area (Å²) in [5.74, 6) is -2.05. The third-order valence-corrected chi connectivity index (χ3v) is 4.40. The van der Waals surface area contributed by atoms with E-state index in [1.807, 2.05) is 18.2 Å². The van der Waals surface area contributed by atoms with Gasteiger partial charge in [-0.25, -0.2) is 8.78 Å². The van der Waals surface area contributed by atoms with Crippen LogP contribution in [0.5, 0.6) is 0 Å². The molecular weight excluding hydrogens is 338 g/mol. The number of H-pyrrole nitrogens is 1. The minimum absolute atomic E-state index is 0.00403. The highest BCUT2D eigenvalue weighted by Crippen LogP contribution is 2.27. The maximum atomic E-state index is 14.0. The highest BCUT2D eigenvalue weighted by Gasteiger charge is 2.24. The Morgan fingerprint density at radius 3 is 2.69 bits per heavy atom. The molecule has 3 rings (SSSR count). The van der Waals surface area contributed by atoms with Gasteiger partial charge in [-0.15, -0.1) is 0 Å². The first-order valence-electron chi connectivity index (χ1n) is 8.40. The van der Waals surface area contributed by atoms with Gasteiger partial charge in [-0.2, -0.15) is 5.10 Å². The lowest BCUT2D eigenvalue weighted by molar-refractivity contribution is 0.0938. The maximum Gasteiger partial charge on any atom is 0.255 e. The van der Waals surface area contributed by atoms with Gasteiger partial charge in [0.1, 0.15) is 11.6 Å². The summed E-state index contributed by atoms with van der Waals surface area (Å²) in [5.41, 5.74) is 6.91. The van der Waals surface area contributed by atoms with Crippen molar-refractivity contribution in [2.24, 2.45) is 5.73 Å². The average Bonchev–Trinajstić information content (AvgIpc) is 3.11. The third-order valence-electron chi connectivity index (χ3n) is 4.40. The van der Waals surface area contributed by atoms with Crippen molar-refractivity contribution in [3.05, 3.63) is 65.4 Å². The predicted molar refractivity (Wildman–Crippen MR) is 95.3 cm³/mol. The average molecular weight is 358 g/mol. The molecule has 1 aromatic carbocycles. The molecule has 2 unspecified atom stereocenters. The number of nitrogens with two attached hydrogens (primary N) is 1. The van der Waals surface area contributed by atoms with Gasteiger partial charge in [0.25, 0.3) is 5.91 Å². The Morgan fingerprint density at radius 2 is 2.04 bits per heavy atom. The molecule has 26 heavy (non-hydrogen) atoms. The minimum atomic E-state index is -0.773. The van der Waals surface area contributed by atoms with Crippen molar-refractivity contribution in [1.29, 1.82) is 0 Å². The number of hydrogen-bond donors (Lipinski definition) is 3. The molecule has 0 saturated carbocycles.